The Labute approximate surface area is 48.4 Å². The average Bonchev–Trinajstić information content (AvgIpc) is 1.98. The molecule has 0 amide bonds. The van der Waals surface area contributed by atoms with Gasteiger partial charge in [-0.15, -0.1) is 0 Å². The lowest BCUT2D eigenvalue weighted by molar-refractivity contribution is 0.428. The summed E-state index contributed by atoms with van der Waals surface area (Å²) < 4.78 is 1.68. The molecule has 0 aromatic carbocycles. The fourth-order valence-corrected chi connectivity index (χ4v) is 0.647. The van der Waals surface area contributed by atoms with E-state index < -0.39 is 0 Å². The molecule has 0 saturated carbocycles. The summed E-state index contributed by atoms with van der Waals surface area (Å²) in [5.41, 5.74) is 0.924. The van der Waals surface area contributed by atoms with Gasteiger partial charge in [0.25, 0.3) is 0 Å². The lowest BCUT2D eigenvalue weighted by atomic mass is 10.4. The standard InChI is InChI=1S/C6H9NO/c1-5-3-4-7(2)6(5)8/h3-4,8H,1-2H3. The molecule has 44 valence electrons. The predicted molar refractivity (Wildman–Crippen MR) is 31.8 cm³/mol. The third-order valence-electron chi connectivity index (χ3n) is 1.23. The zero-order valence-corrected chi connectivity index (χ0v) is 5.05. The molecule has 0 radical (unpaired) electrons. The Balaban J connectivity index is 3.19. The molecule has 0 aliphatic rings. The minimum atomic E-state index is 0.352. The predicted octanol–water partition coefficient (Wildman–Crippen LogP) is 1.04. The fraction of sp³-hybridized carbons (Fsp3) is 0.333. The number of nitrogens with zero attached hydrogens (tertiary/aromatic N) is 1. The summed E-state index contributed by atoms with van der Waals surface area (Å²) in [5, 5.41) is 9.01. The van der Waals surface area contributed by atoms with Crippen LogP contribution in [0.4, 0.5) is 0 Å². The second-order valence-corrected chi connectivity index (χ2v) is 1.93. The minimum absolute atomic E-state index is 0.352. The van der Waals surface area contributed by atoms with Gasteiger partial charge in [0.1, 0.15) is 0 Å². The molecule has 0 atom stereocenters. The second kappa shape index (κ2) is 1.54. The van der Waals surface area contributed by atoms with Gasteiger partial charge in [0, 0.05) is 18.8 Å². The Hall–Kier alpha value is -0.920. The quantitative estimate of drug-likeness (QED) is 0.531. The van der Waals surface area contributed by atoms with E-state index >= 15 is 0 Å². The topological polar surface area (TPSA) is 25.2 Å². The molecule has 8 heavy (non-hydrogen) atoms. The van der Waals surface area contributed by atoms with Gasteiger partial charge in [0.2, 0.25) is 0 Å². The largest absolute Gasteiger partial charge is 0.494 e. The van der Waals surface area contributed by atoms with Gasteiger partial charge >= 0.3 is 0 Å². The maximum atomic E-state index is 9.01. The van der Waals surface area contributed by atoms with Gasteiger partial charge in [0.15, 0.2) is 5.88 Å². The van der Waals surface area contributed by atoms with Crippen LogP contribution in [0.15, 0.2) is 12.3 Å². The summed E-state index contributed by atoms with van der Waals surface area (Å²) >= 11 is 0. The van der Waals surface area contributed by atoms with Crippen molar-refractivity contribution >= 4 is 0 Å². The van der Waals surface area contributed by atoms with Crippen LogP contribution in [0.2, 0.25) is 0 Å². The summed E-state index contributed by atoms with van der Waals surface area (Å²) in [7, 11) is 1.81. The molecule has 0 saturated heterocycles. The molecular formula is C6H9NO. The van der Waals surface area contributed by atoms with Crippen LogP contribution in [0.5, 0.6) is 5.88 Å². The van der Waals surface area contributed by atoms with Crippen molar-refractivity contribution in [2.24, 2.45) is 7.05 Å². The van der Waals surface area contributed by atoms with Crippen molar-refractivity contribution in [2.45, 2.75) is 6.92 Å². The summed E-state index contributed by atoms with van der Waals surface area (Å²) in [6.07, 6.45) is 1.82. The highest BCUT2D eigenvalue weighted by atomic mass is 16.3. The van der Waals surface area contributed by atoms with Crippen molar-refractivity contribution in [1.29, 1.82) is 0 Å². The lowest BCUT2D eigenvalue weighted by Gasteiger charge is -1.91. The Kier molecular flexibility index (Phi) is 1.01. The molecule has 0 bridgehead atoms. The van der Waals surface area contributed by atoms with Gasteiger partial charge in [-0.25, -0.2) is 0 Å². The van der Waals surface area contributed by atoms with E-state index in [-0.39, 0.29) is 0 Å². The lowest BCUT2D eigenvalue weighted by Crippen LogP contribution is -1.81. The Morgan fingerprint density at radius 2 is 2.25 bits per heavy atom. The van der Waals surface area contributed by atoms with Gasteiger partial charge in [-0.1, -0.05) is 0 Å². The van der Waals surface area contributed by atoms with E-state index in [2.05, 4.69) is 0 Å². The summed E-state index contributed by atoms with van der Waals surface area (Å²) in [5.74, 6) is 0.352. The minimum Gasteiger partial charge on any atom is -0.494 e. The highest BCUT2D eigenvalue weighted by Gasteiger charge is 1.95. The second-order valence-electron chi connectivity index (χ2n) is 1.93. The first-order valence-corrected chi connectivity index (χ1v) is 2.52. The van der Waals surface area contributed by atoms with Crippen molar-refractivity contribution in [3.63, 3.8) is 0 Å². The first-order valence-electron chi connectivity index (χ1n) is 2.52. The Morgan fingerprint density at radius 3 is 2.38 bits per heavy atom. The van der Waals surface area contributed by atoms with Gasteiger partial charge in [-0.05, 0) is 13.0 Å². The molecular weight excluding hydrogens is 102 g/mol. The molecule has 1 rings (SSSR count). The molecule has 1 aromatic rings. The van der Waals surface area contributed by atoms with Crippen molar-refractivity contribution in [1.82, 2.24) is 4.57 Å². The van der Waals surface area contributed by atoms with Crippen LogP contribution < -0.4 is 0 Å². The maximum absolute atomic E-state index is 9.01. The van der Waals surface area contributed by atoms with E-state index in [1.807, 2.05) is 26.2 Å². The molecule has 1 N–H and O–H groups in total. The first kappa shape index (κ1) is 5.22. The van der Waals surface area contributed by atoms with Gasteiger partial charge in [-0.2, -0.15) is 0 Å². The van der Waals surface area contributed by atoms with Crippen LogP contribution in [0.25, 0.3) is 0 Å². The van der Waals surface area contributed by atoms with Crippen LogP contribution in [0.1, 0.15) is 5.56 Å². The van der Waals surface area contributed by atoms with Crippen LogP contribution in [-0.2, 0) is 7.05 Å². The molecule has 0 aliphatic heterocycles. The summed E-state index contributed by atoms with van der Waals surface area (Å²) in [4.78, 5) is 0. The third kappa shape index (κ3) is 0.579. The van der Waals surface area contributed by atoms with Crippen molar-refractivity contribution < 1.29 is 5.11 Å². The number of aryl methyl sites for hydroxylation is 2. The molecule has 1 heterocycles. The van der Waals surface area contributed by atoms with Gasteiger partial charge < -0.3 is 9.67 Å². The summed E-state index contributed by atoms with van der Waals surface area (Å²) in [6.45, 7) is 1.87. The van der Waals surface area contributed by atoms with Crippen molar-refractivity contribution in [3.8, 4) is 5.88 Å². The molecule has 0 fully saturated rings. The molecule has 0 unspecified atom stereocenters. The zero-order chi connectivity index (χ0) is 6.15. The maximum Gasteiger partial charge on any atom is 0.193 e. The smallest absolute Gasteiger partial charge is 0.193 e. The van der Waals surface area contributed by atoms with E-state index in [1.165, 1.54) is 0 Å². The van der Waals surface area contributed by atoms with E-state index in [1.54, 1.807) is 4.57 Å². The zero-order valence-electron chi connectivity index (χ0n) is 5.05. The summed E-state index contributed by atoms with van der Waals surface area (Å²) in [6, 6.07) is 1.87. The van der Waals surface area contributed by atoms with Gasteiger partial charge in [-0.3, -0.25) is 0 Å². The highest BCUT2D eigenvalue weighted by Crippen LogP contribution is 2.13. The van der Waals surface area contributed by atoms with E-state index in [0.29, 0.717) is 5.88 Å². The van der Waals surface area contributed by atoms with Crippen molar-refractivity contribution in [2.75, 3.05) is 0 Å². The van der Waals surface area contributed by atoms with Crippen molar-refractivity contribution in [3.05, 3.63) is 17.8 Å². The molecule has 2 nitrogen and oxygen atoms in total. The molecule has 2 heteroatoms. The molecule has 0 spiro atoms. The number of aromatic nitrogens is 1. The van der Waals surface area contributed by atoms with E-state index in [9.17, 15) is 0 Å². The normalized spacial score (nSPS) is 9.75. The SMILES string of the molecule is Cc1ccn(C)c1O. The van der Waals surface area contributed by atoms with Gasteiger partial charge in [0.05, 0.1) is 0 Å². The highest BCUT2D eigenvalue weighted by molar-refractivity contribution is 5.24. The number of aromatic hydroxyl groups is 1. The first-order chi connectivity index (χ1) is 3.72. The Bertz CT molecular complexity index is 171. The third-order valence-corrected chi connectivity index (χ3v) is 1.23. The number of hydrogen-bond donors (Lipinski definition) is 1. The number of hydrogen-bond acceptors (Lipinski definition) is 1. The van der Waals surface area contributed by atoms with Crippen LogP contribution in [-0.4, -0.2) is 9.67 Å². The average molecular weight is 111 g/mol. The molecule has 1 aromatic heterocycles. The number of rotatable bonds is 0. The van der Waals surface area contributed by atoms with Crippen LogP contribution in [0, 0.1) is 6.92 Å². The van der Waals surface area contributed by atoms with E-state index in [4.69, 9.17) is 5.11 Å². The van der Waals surface area contributed by atoms with Crippen LogP contribution >= 0.6 is 0 Å². The Morgan fingerprint density at radius 1 is 1.62 bits per heavy atom. The van der Waals surface area contributed by atoms with E-state index in [0.717, 1.165) is 5.56 Å². The van der Waals surface area contributed by atoms with Crippen LogP contribution in [0.3, 0.4) is 0 Å². The fourth-order valence-electron chi connectivity index (χ4n) is 0.647. The molecule has 0 aliphatic carbocycles. The monoisotopic (exact) mass is 111 g/mol.